The molecule has 0 heterocycles. The molecule has 0 fully saturated rings. The summed E-state index contributed by atoms with van der Waals surface area (Å²) in [5, 5.41) is 6.82. The van der Waals surface area contributed by atoms with Gasteiger partial charge in [0.25, 0.3) is 5.91 Å². The highest BCUT2D eigenvalue weighted by molar-refractivity contribution is 6.06. The lowest BCUT2D eigenvalue weighted by atomic mass is 10.1. The summed E-state index contributed by atoms with van der Waals surface area (Å²) in [6.07, 6.45) is 0.0686. The Labute approximate surface area is 164 Å². The smallest absolute Gasteiger partial charge is 0.271 e. The van der Waals surface area contributed by atoms with Gasteiger partial charge in [-0.15, -0.1) is 0 Å². The van der Waals surface area contributed by atoms with Crippen LogP contribution < -0.4 is 20.2 Å². The number of rotatable bonds is 7. The Kier molecular flexibility index (Phi) is 7.14. The average Bonchev–Trinajstić information content (AvgIpc) is 2.68. The van der Waals surface area contributed by atoms with Gasteiger partial charge in [-0.2, -0.15) is 5.10 Å². The van der Waals surface area contributed by atoms with Crippen molar-refractivity contribution < 1.29 is 19.1 Å². The van der Waals surface area contributed by atoms with Gasteiger partial charge in [-0.25, -0.2) is 5.43 Å². The van der Waals surface area contributed by atoms with Gasteiger partial charge in [-0.05, 0) is 62.2 Å². The molecule has 0 aromatic heterocycles. The molecular formula is C21H25N3O4. The Morgan fingerprint density at radius 1 is 0.964 bits per heavy atom. The van der Waals surface area contributed by atoms with E-state index in [0.29, 0.717) is 22.8 Å². The fourth-order valence-electron chi connectivity index (χ4n) is 2.48. The maximum absolute atomic E-state index is 12.2. The summed E-state index contributed by atoms with van der Waals surface area (Å²) in [6, 6.07) is 10.5. The third-order valence-electron chi connectivity index (χ3n) is 4.20. The van der Waals surface area contributed by atoms with Crippen LogP contribution in [0, 0.1) is 13.8 Å². The van der Waals surface area contributed by atoms with Gasteiger partial charge in [0.05, 0.1) is 20.6 Å². The minimum absolute atomic E-state index is 0.0686. The minimum Gasteiger partial charge on any atom is -0.493 e. The molecule has 0 aliphatic heterocycles. The van der Waals surface area contributed by atoms with Gasteiger partial charge in [-0.1, -0.05) is 6.07 Å². The van der Waals surface area contributed by atoms with E-state index in [-0.39, 0.29) is 12.3 Å². The Morgan fingerprint density at radius 2 is 1.68 bits per heavy atom. The van der Waals surface area contributed by atoms with Gasteiger partial charge in [0.1, 0.15) is 0 Å². The highest BCUT2D eigenvalue weighted by Crippen LogP contribution is 2.27. The van der Waals surface area contributed by atoms with Crippen LogP contribution in [0.3, 0.4) is 0 Å². The molecule has 2 aromatic carbocycles. The fourth-order valence-corrected chi connectivity index (χ4v) is 2.48. The molecule has 0 spiro atoms. The van der Waals surface area contributed by atoms with E-state index >= 15 is 0 Å². The van der Waals surface area contributed by atoms with Crippen molar-refractivity contribution in [2.24, 2.45) is 5.10 Å². The van der Waals surface area contributed by atoms with Crippen molar-refractivity contribution in [3.8, 4) is 11.5 Å². The molecule has 7 heteroatoms. The molecule has 2 aromatic rings. The first kappa shape index (κ1) is 21.0. The summed E-state index contributed by atoms with van der Waals surface area (Å²) in [5.74, 6) is 0.366. The summed E-state index contributed by atoms with van der Waals surface area (Å²) < 4.78 is 10.3. The van der Waals surface area contributed by atoms with E-state index in [1.54, 1.807) is 25.1 Å². The molecule has 2 amide bonds. The average molecular weight is 383 g/mol. The van der Waals surface area contributed by atoms with E-state index in [2.05, 4.69) is 15.8 Å². The van der Waals surface area contributed by atoms with Gasteiger partial charge >= 0.3 is 0 Å². The SMILES string of the molecule is COc1ccc(C(=O)NN=C(C)CC(=O)Nc2ccc(C)c(C)c2)cc1OC. The first-order chi connectivity index (χ1) is 13.3. The van der Waals surface area contributed by atoms with Gasteiger partial charge < -0.3 is 14.8 Å². The third kappa shape index (κ3) is 5.57. The highest BCUT2D eigenvalue weighted by Gasteiger charge is 2.11. The number of ether oxygens (including phenoxy) is 2. The maximum Gasteiger partial charge on any atom is 0.271 e. The number of methoxy groups -OCH3 is 2. The van der Waals surface area contributed by atoms with Crippen LogP contribution in [0.25, 0.3) is 0 Å². The molecule has 0 aliphatic rings. The third-order valence-corrected chi connectivity index (χ3v) is 4.20. The number of benzene rings is 2. The monoisotopic (exact) mass is 383 g/mol. The molecule has 0 aliphatic carbocycles. The molecule has 0 unspecified atom stereocenters. The number of nitrogens with one attached hydrogen (secondary N) is 2. The predicted octanol–water partition coefficient (Wildman–Crippen LogP) is 3.46. The highest BCUT2D eigenvalue weighted by atomic mass is 16.5. The molecule has 0 radical (unpaired) electrons. The van der Waals surface area contributed by atoms with Crippen molar-refractivity contribution in [2.75, 3.05) is 19.5 Å². The van der Waals surface area contributed by atoms with Gasteiger partial charge in [0.15, 0.2) is 11.5 Å². The van der Waals surface area contributed by atoms with Crippen molar-refractivity contribution in [2.45, 2.75) is 27.2 Å². The lowest BCUT2D eigenvalue weighted by molar-refractivity contribution is -0.115. The number of aryl methyl sites for hydroxylation is 2. The molecular weight excluding hydrogens is 358 g/mol. The molecule has 0 saturated carbocycles. The number of anilines is 1. The zero-order valence-corrected chi connectivity index (χ0v) is 16.8. The first-order valence-electron chi connectivity index (χ1n) is 8.76. The molecule has 0 saturated heterocycles. The molecule has 2 rings (SSSR count). The van der Waals surface area contributed by atoms with Gasteiger partial charge in [0.2, 0.25) is 5.91 Å². The van der Waals surface area contributed by atoms with E-state index in [1.165, 1.54) is 14.2 Å². The van der Waals surface area contributed by atoms with E-state index in [1.807, 2.05) is 32.0 Å². The summed E-state index contributed by atoms with van der Waals surface area (Å²) >= 11 is 0. The van der Waals surface area contributed by atoms with Crippen molar-refractivity contribution in [1.29, 1.82) is 0 Å². The predicted molar refractivity (Wildman–Crippen MR) is 109 cm³/mol. The molecule has 148 valence electrons. The Hall–Kier alpha value is -3.35. The zero-order valence-electron chi connectivity index (χ0n) is 16.8. The second-order valence-electron chi connectivity index (χ2n) is 6.38. The summed E-state index contributed by atoms with van der Waals surface area (Å²) in [6.45, 7) is 5.68. The van der Waals surface area contributed by atoms with Crippen LogP contribution in [0.2, 0.25) is 0 Å². The zero-order chi connectivity index (χ0) is 20.7. The molecule has 28 heavy (non-hydrogen) atoms. The number of hydrogen-bond donors (Lipinski definition) is 2. The first-order valence-corrected chi connectivity index (χ1v) is 8.76. The number of nitrogens with zero attached hydrogens (tertiary/aromatic N) is 1. The number of carbonyl (C=O) groups is 2. The van der Waals surface area contributed by atoms with Crippen molar-refractivity contribution in [1.82, 2.24) is 5.43 Å². The largest absolute Gasteiger partial charge is 0.493 e. The maximum atomic E-state index is 12.2. The molecule has 0 bridgehead atoms. The summed E-state index contributed by atoms with van der Waals surface area (Å²) in [4.78, 5) is 24.4. The van der Waals surface area contributed by atoms with Crippen LogP contribution in [0.1, 0.15) is 34.8 Å². The van der Waals surface area contributed by atoms with Crippen LogP contribution in [-0.2, 0) is 4.79 Å². The van der Waals surface area contributed by atoms with E-state index in [9.17, 15) is 9.59 Å². The Balaban J connectivity index is 1.95. The minimum atomic E-state index is -0.408. The lowest BCUT2D eigenvalue weighted by Crippen LogP contribution is -2.21. The second-order valence-corrected chi connectivity index (χ2v) is 6.38. The van der Waals surface area contributed by atoms with Gasteiger partial charge in [-0.3, -0.25) is 9.59 Å². The van der Waals surface area contributed by atoms with E-state index < -0.39 is 5.91 Å². The van der Waals surface area contributed by atoms with Crippen LogP contribution in [0.4, 0.5) is 5.69 Å². The molecule has 7 nitrogen and oxygen atoms in total. The topological polar surface area (TPSA) is 89.0 Å². The summed E-state index contributed by atoms with van der Waals surface area (Å²) in [7, 11) is 3.02. The van der Waals surface area contributed by atoms with Crippen LogP contribution >= 0.6 is 0 Å². The fraction of sp³-hybridized carbons (Fsp3) is 0.286. The number of hydrogen-bond acceptors (Lipinski definition) is 5. The van der Waals surface area contributed by atoms with E-state index in [0.717, 1.165) is 16.8 Å². The van der Waals surface area contributed by atoms with Crippen LogP contribution in [0.5, 0.6) is 11.5 Å². The lowest BCUT2D eigenvalue weighted by Gasteiger charge is -2.09. The molecule has 0 atom stereocenters. The van der Waals surface area contributed by atoms with Crippen LogP contribution in [0.15, 0.2) is 41.5 Å². The van der Waals surface area contributed by atoms with Crippen molar-refractivity contribution in [3.05, 3.63) is 53.1 Å². The number of hydrazone groups is 1. The van der Waals surface area contributed by atoms with Crippen LogP contribution in [-0.4, -0.2) is 31.7 Å². The standard InChI is InChI=1S/C21H25N3O4/c1-13-6-8-17(10-14(13)2)22-20(25)11-15(3)23-24-21(26)16-7-9-18(27-4)19(12-16)28-5/h6-10,12H,11H2,1-5H3,(H,22,25)(H,24,26). The normalized spacial score (nSPS) is 11.0. The number of carbonyl (C=O) groups excluding carboxylic acids is 2. The quantitative estimate of drug-likeness (QED) is 0.566. The Morgan fingerprint density at radius 3 is 2.32 bits per heavy atom. The Bertz CT molecular complexity index is 907. The second kappa shape index (κ2) is 9.55. The van der Waals surface area contributed by atoms with Crippen molar-refractivity contribution >= 4 is 23.2 Å². The number of amides is 2. The van der Waals surface area contributed by atoms with Gasteiger partial charge in [0, 0.05) is 17.0 Å². The van der Waals surface area contributed by atoms with E-state index in [4.69, 9.17) is 9.47 Å². The van der Waals surface area contributed by atoms with Crippen molar-refractivity contribution in [3.63, 3.8) is 0 Å². The molecule has 2 N–H and O–H groups in total. The summed E-state index contributed by atoms with van der Waals surface area (Å²) in [5.41, 5.74) is 6.29.